The van der Waals surface area contributed by atoms with E-state index in [0.29, 0.717) is 35.3 Å². The zero-order chi connectivity index (χ0) is 18.9. The van der Waals surface area contributed by atoms with E-state index in [2.05, 4.69) is 9.97 Å². The Kier molecular flexibility index (Phi) is 4.75. The molecule has 2 aromatic carbocycles. The fraction of sp³-hybridized carbons (Fsp3) is 0.235. The Bertz CT molecular complexity index is 1110. The van der Waals surface area contributed by atoms with Crippen molar-refractivity contribution in [1.82, 2.24) is 9.97 Å². The largest absolute Gasteiger partial charge is 0.494 e. The van der Waals surface area contributed by atoms with Gasteiger partial charge in [0.2, 0.25) is 0 Å². The molecule has 0 amide bonds. The molecule has 9 heteroatoms. The first-order valence-electron chi connectivity index (χ1n) is 7.77. The molecule has 0 spiro atoms. The van der Waals surface area contributed by atoms with E-state index in [9.17, 15) is 17.8 Å². The van der Waals surface area contributed by atoms with Crippen LogP contribution in [0, 0.1) is 0 Å². The second kappa shape index (κ2) is 6.85. The summed E-state index contributed by atoms with van der Waals surface area (Å²) in [6.07, 6.45) is 0.705. The molecule has 3 aromatic rings. The van der Waals surface area contributed by atoms with Crippen LogP contribution in [0.3, 0.4) is 0 Å². The van der Waals surface area contributed by atoms with E-state index in [1.54, 1.807) is 6.07 Å². The average molecular weight is 376 g/mol. The highest BCUT2D eigenvalue weighted by Crippen LogP contribution is 2.28. The van der Waals surface area contributed by atoms with Gasteiger partial charge in [-0.1, -0.05) is 6.92 Å². The maximum Gasteiger partial charge on any atom is 0.338 e. The van der Waals surface area contributed by atoms with Crippen LogP contribution in [-0.4, -0.2) is 42.6 Å². The van der Waals surface area contributed by atoms with Crippen molar-refractivity contribution < 1.29 is 27.2 Å². The number of hydrogen-bond acceptors (Lipinski definition) is 7. The molecule has 1 aromatic heterocycles. The molecule has 136 valence electrons. The van der Waals surface area contributed by atoms with E-state index in [-0.39, 0.29) is 16.0 Å². The van der Waals surface area contributed by atoms with E-state index in [4.69, 9.17) is 9.47 Å². The number of benzene rings is 2. The first kappa shape index (κ1) is 18.0. The van der Waals surface area contributed by atoms with Gasteiger partial charge in [-0.3, -0.25) is 4.55 Å². The Morgan fingerprint density at radius 1 is 1.12 bits per heavy atom. The van der Waals surface area contributed by atoms with E-state index >= 15 is 0 Å². The molecule has 0 aliphatic rings. The number of fused-ring (bicyclic) bond motifs is 2. The van der Waals surface area contributed by atoms with Crippen molar-refractivity contribution in [1.29, 1.82) is 0 Å². The molecule has 0 radical (unpaired) electrons. The maximum atomic E-state index is 12.1. The van der Waals surface area contributed by atoms with Crippen molar-refractivity contribution in [3.8, 4) is 5.75 Å². The summed E-state index contributed by atoms with van der Waals surface area (Å²) in [6, 6.07) is 6.92. The fourth-order valence-electron chi connectivity index (χ4n) is 2.44. The predicted molar refractivity (Wildman–Crippen MR) is 94.0 cm³/mol. The number of hydrogen-bond donors (Lipinski definition) is 1. The monoisotopic (exact) mass is 376 g/mol. The summed E-state index contributed by atoms with van der Waals surface area (Å²) in [4.78, 5) is 20.6. The fourth-order valence-corrected chi connectivity index (χ4v) is 2.94. The van der Waals surface area contributed by atoms with Gasteiger partial charge in [-0.2, -0.15) is 8.42 Å². The molecule has 0 saturated carbocycles. The molecule has 26 heavy (non-hydrogen) atoms. The lowest BCUT2D eigenvalue weighted by Gasteiger charge is -2.09. The Labute approximate surface area is 149 Å². The Morgan fingerprint density at radius 3 is 2.54 bits per heavy atom. The van der Waals surface area contributed by atoms with Gasteiger partial charge < -0.3 is 9.47 Å². The summed E-state index contributed by atoms with van der Waals surface area (Å²) < 4.78 is 42.2. The van der Waals surface area contributed by atoms with Gasteiger partial charge in [0.05, 0.1) is 40.7 Å². The molecule has 0 bridgehead atoms. The van der Waals surface area contributed by atoms with Crippen molar-refractivity contribution in [2.45, 2.75) is 18.2 Å². The minimum absolute atomic E-state index is 0.271. The summed E-state index contributed by atoms with van der Waals surface area (Å²) in [6.45, 7) is 2.20. The molecule has 0 aliphatic carbocycles. The summed E-state index contributed by atoms with van der Waals surface area (Å²) in [5, 5.41) is 0. The third kappa shape index (κ3) is 3.44. The second-order valence-electron chi connectivity index (χ2n) is 5.53. The quantitative estimate of drug-likeness (QED) is 0.410. The number of esters is 1. The molecule has 3 rings (SSSR count). The van der Waals surface area contributed by atoms with Gasteiger partial charge in [0.25, 0.3) is 10.1 Å². The Hall–Kier alpha value is -2.78. The highest BCUT2D eigenvalue weighted by atomic mass is 32.2. The molecule has 0 fully saturated rings. The zero-order valence-electron chi connectivity index (χ0n) is 14.1. The van der Waals surface area contributed by atoms with Crippen molar-refractivity contribution in [2.24, 2.45) is 0 Å². The third-order valence-electron chi connectivity index (χ3n) is 3.67. The van der Waals surface area contributed by atoms with E-state index in [0.717, 1.165) is 0 Å². The van der Waals surface area contributed by atoms with Gasteiger partial charge >= 0.3 is 5.97 Å². The predicted octanol–water partition coefficient (Wildman–Crippen LogP) is 2.61. The molecular formula is C17H16N2O6S. The normalized spacial score (nSPS) is 11.7. The van der Waals surface area contributed by atoms with Crippen LogP contribution >= 0.6 is 0 Å². The van der Waals surface area contributed by atoms with Gasteiger partial charge in [0.15, 0.2) is 0 Å². The SMILES string of the molecule is CCCOC(=O)c1cc(OC)c2nc3cc(S(=O)(=O)O)ccc3nc2c1. The molecule has 8 nitrogen and oxygen atoms in total. The van der Waals surface area contributed by atoms with Gasteiger partial charge in [-0.15, -0.1) is 0 Å². The molecule has 0 saturated heterocycles. The van der Waals surface area contributed by atoms with Gasteiger partial charge in [-0.25, -0.2) is 14.8 Å². The minimum Gasteiger partial charge on any atom is -0.494 e. The highest BCUT2D eigenvalue weighted by Gasteiger charge is 2.16. The van der Waals surface area contributed by atoms with Crippen molar-refractivity contribution >= 4 is 38.2 Å². The number of rotatable bonds is 5. The molecule has 0 aliphatic heterocycles. The van der Waals surface area contributed by atoms with Gasteiger partial charge in [0, 0.05) is 0 Å². The average Bonchev–Trinajstić information content (AvgIpc) is 2.62. The van der Waals surface area contributed by atoms with Crippen molar-refractivity contribution in [2.75, 3.05) is 13.7 Å². The van der Waals surface area contributed by atoms with Crippen LogP contribution < -0.4 is 4.74 Å². The lowest BCUT2D eigenvalue weighted by molar-refractivity contribution is 0.0505. The smallest absolute Gasteiger partial charge is 0.338 e. The highest BCUT2D eigenvalue weighted by molar-refractivity contribution is 7.85. The summed E-state index contributed by atoms with van der Waals surface area (Å²) in [5.74, 6) is -0.187. The maximum absolute atomic E-state index is 12.1. The number of carbonyl (C=O) groups excluding carboxylic acids is 1. The van der Waals surface area contributed by atoms with Crippen LogP contribution in [0.5, 0.6) is 5.75 Å². The van der Waals surface area contributed by atoms with Crippen LogP contribution in [0.1, 0.15) is 23.7 Å². The molecular weight excluding hydrogens is 360 g/mol. The van der Waals surface area contributed by atoms with Crippen LogP contribution in [0.4, 0.5) is 0 Å². The lowest BCUT2D eigenvalue weighted by atomic mass is 10.1. The molecule has 1 N–H and O–H groups in total. The Morgan fingerprint density at radius 2 is 1.88 bits per heavy atom. The standard InChI is InChI=1S/C17H16N2O6S/c1-3-6-25-17(20)10-7-14-16(15(8-10)24-2)19-13-9-11(26(21,22)23)4-5-12(13)18-14/h4-5,7-9H,3,6H2,1-2H3,(H,21,22,23). The molecule has 0 unspecified atom stereocenters. The number of ether oxygens (including phenoxy) is 2. The van der Waals surface area contributed by atoms with E-state index in [1.165, 1.54) is 31.4 Å². The Balaban J connectivity index is 2.20. The van der Waals surface area contributed by atoms with Crippen LogP contribution in [0.2, 0.25) is 0 Å². The van der Waals surface area contributed by atoms with Crippen LogP contribution in [-0.2, 0) is 14.9 Å². The minimum atomic E-state index is -4.35. The summed E-state index contributed by atoms with van der Waals surface area (Å²) >= 11 is 0. The van der Waals surface area contributed by atoms with E-state index < -0.39 is 16.1 Å². The van der Waals surface area contributed by atoms with Gasteiger partial charge in [-0.05, 0) is 36.8 Å². The second-order valence-corrected chi connectivity index (χ2v) is 6.95. The number of methoxy groups -OCH3 is 1. The lowest BCUT2D eigenvalue weighted by Crippen LogP contribution is -2.07. The third-order valence-corrected chi connectivity index (χ3v) is 4.52. The zero-order valence-corrected chi connectivity index (χ0v) is 14.9. The van der Waals surface area contributed by atoms with E-state index in [1.807, 2.05) is 6.92 Å². The molecule has 0 atom stereocenters. The first-order valence-corrected chi connectivity index (χ1v) is 9.21. The summed E-state index contributed by atoms with van der Waals surface area (Å²) in [7, 11) is -2.92. The van der Waals surface area contributed by atoms with Crippen LogP contribution in [0.25, 0.3) is 22.1 Å². The summed E-state index contributed by atoms with van der Waals surface area (Å²) in [5.41, 5.74) is 1.73. The molecule has 1 heterocycles. The topological polar surface area (TPSA) is 116 Å². The number of nitrogens with zero attached hydrogens (tertiary/aromatic N) is 2. The first-order chi connectivity index (χ1) is 12.3. The number of carbonyl (C=O) groups is 1. The van der Waals surface area contributed by atoms with Crippen molar-refractivity contribution in [3.05, 3.63) is 35.9 Å². The van der Waals surface area contributed by atoms with Gasteiger partial charge in [0.1, 0.15) is 11.3 Å². The number of aromatic nitrogens is 2. The van der Waals surface area contributed by atoms with Crippen molar-refractivity contribution in [3.63, 3.8) is 0 Å². The van der Waals surface area contributed by atoms with Crippen LogP contribution in [0.15, 0.2) is 35.2 Å².